The molecule has 8 heteroatoms. The molecule has 0 saturated carbocycles. The second-order valence-electron chi connectivity index (χ2n) is 4.37. The minimum absolute atomic E-state index is 0.0864. The number of aromatic amines is 1. The first-order valence-electron chi connectivity index (χ1n) is 5.96. The quantitative estimate of drug-likeness (QED) is 0.698. The highest BCUT2D eigenvalue weighted by Crippen LogP contribution is 2.13. The number of aromatic nitrogens is 4. The molecule has 2 aromatic heterocycles. The van der Waals surface area contributed by atoms with Gasteiger partial charge in [-0.2, -0.15) is 0 Å². The Hall–Kier alpha value is -2.22. The van der Waals surface area contributed by atoms with Crippen LogP contribution in [0.15, 0.2) is 15.7 Å². The fourth-order valence-corrected chi connectivity index (χ4v) is 2.08. The lowest BCUT2D eigenvalue weighted by atomic mass is 10.3. The zero-order valence-corrected chi connectivity index (χ0v) is 10.4. The summed E-state index contributed by atoms with van der Waals surface area (Å²) in [6, 6.07) is 1.61. The summed E-state index contributed by atoms with van der Waals surface area (Å²) in [5.41, 5.74) is -0.625. The lowest BCUT2D eigenvalue weighted by Crippen LogP contribution is -2.37. The third kappa shape index (κ3) is 1.99. The summed E-state index contributed by atoms with van der Waals surface area (Å²) in [5, 5.41) is 10.6. The average molecular weight is 263 g/mol. The van der Waals surface area contributed by atoms with Crippen LogP contribution in [0.4, 0.5) is 5.82 Å². The molecule has 19 heavy (non-hydrogen) atoms. The Morgan fingerprint density at radius 2 is 2.00 bits per heavy atom. The number of H-pyrrole nitrogens is 1. The van der Waals surface area contributed by atoms with Crippen molar-refractivity contribution >= 4 is 16.7 Å². The number of nitrogens with one attached hydrogen (secondary N) is 1. The molecule has 1 aliphatic rings. The molecule has 1 fully saturated rings. The number of hydrogen-bond acceptors (Lipinski definition) is 6. The van der Waals surface area contributed by atoms with Gasteiger partial charge < -0.3 is 9.64 Å². The van der Waals surface area contributed by atoms with Crippen LogP contribution < -0.4 is 16.0 Å². The standard InChI is InChI=1S/C11H13N5O3/c1-15-11(18)9-7(10(17)14-15)6-8(12-13-9)16-2-4-19-5-3-16/h6H,2-5H2,1H3,(H,14,17). The molecule has 1 aliphatic heterocycles. The third-order valence-corrected chi connectivity index (χ3v) is 3.14. The van der Waals surface area contributed by atoms with Crippen LogP contribution in [-0.2, 0) is 11.8 Å². The number of anilines is 1. The van der Waals surface area contributed by atoms with Gasteiger partial charge in [0.2, 0.25) is 0 Å². The fraction of sp³-hybridized carbons (Fsp3) is 0.455. The highest BCUT2D eigenvalue weighted by atomic mass is 16.5. The highest BCUT2D eigenvalue weighted by Gasteiger charge is 2.15. The monoisotopic (exact) mass is 263 g/mol. The first-order valence-corrected chi connectivity index (χ1v) is 5.96. The van der Waals surface area contributed by atoms with E-state index in [2.05, 4.69) is 15.3 Å². The summed E-state index contributed by atoms with van der Waals surface area (Å²) in [7, 11) is 1.47. The van der Waals surface area contributed by atoms with E-state index >= 15 is 0 Å². The predicted octanol–water partition coefficient (Wildman–Crippen LogP) is -1.15. The Kier molecular flexibility index (Phi) is 2.79. The van der Waals surface area contributed by atoms with Gasteiger partial charge in [-0.15, -0.1) is 10.2 Å². The van der Waals surface area contributed by atoms with Gasteiger partial charge in [-0.25, -0.2) is 0 Å². The maximum atomic E-state index is 11.9. The van der Waals surface area contributed by atoms with E-state index in [0.29, 0.717) is 32.1 Å². The number of morpholine rings is 1. The van der Waals surface area contributed by atoms with Gasteiger partial charge in [-0.1, -0.05) is 0 Å². The molecule has 0 aliphatic carbocycles. The zero-order chi connectivity index (χ0) is 13.4. The molecule has 0 unspecified atom stereocenters. The topological polar surface area (TPSA) is 93.1 Å². The molecule has 0 atom stereocenters. The molecule has 0 amide bonds. The molecule has 2 aromatic rings. The molecule has 0 aromatic carbocycles. The summed E-state index contributed by atoms with van der Waals surface area (Å²) in [5.74, 6) is 0.592. The average Bonchev–Trinajstić information content (AvgIpc) is 2.45. The molecule has 1 N–H and O–H groups in total. The van der Waals surface area contributed by atoms with Crippen molar-refractivity contribution in [3.8, 4) is 0 Å². The minimum atomic E-state index is -0.365. The van der Waals surface area contributed by atoms with Crippen LogP contribution >= 0.6 is 0 Å². The van der Waals surface area contributed by atoms with E-state index in [9.17, 15) is 9.59 Å². The van der Waals surface area contributed by atoms with Crippen LogP contribution in [0.2, 0.25) is 0 Å². The smallest absolute Gasteiger partial charge is 0.293 e. The molecule has 0 bridgehead atoms. The van der Waals surface area contributed by atoms with Gasteiger partial charge >= 0.3 is 0 Å². The Morgan fingerprint density at radius 3 is 2.74 bits per heavy atom. The van der Waals surface area contributed by atoms with Crippen molar-refractivity contribution in [1.29, 1.82) is 0 Å². The Balaban J connectivity index is 2.15. The van der Waals surface area contributed by atoms with Crippen molar-refractivity contribution < 1.29 is 4.74 Å². The van der Waals surface area contributed by atoms with Gasteiger partial charge in [-0.05, 0) is 6.07 Å². The molecule has 3 rings (SSSR count). The third-order valence-electron chi connectivity index (χ3n) is 3.14. The molecule has 3 heterocycles. The minimum Gasteiger partial charge on any atom is -0.378 e. The van der Waals surface area contributed by atoms with Crippen molar-refractivity contribution in [2.45, 2.75) is 0 Å². The SMILES string of the molecule is Cn1[nH]c(=O)c2cc(N3CCOCC3)nnc2c1=O. The van der Waals surface area contributed by atoms with Crippen molar-refractivity contribution in [2.75, 3.05) is 31.2 Å². The van der Waals surface area contributed by atoms with Gasteiger partial charge in [0.25, 0.3) is 11.1 Å². The zero-order valence-electron chi connectivity index (χ0n) is 10.4. The first-order chi connectivity index (χ1) is 9.16. The van der Waals surface area contributed by atoms with E-state index in [1.807, 2.05) is 4.90 Å². The van der Waals surface area contributed by atoms with Crippen LogP contribution in [0.1, 0.15) is 0 Å². The molecular formula is C11H13N5O3. The number of rotatable bonds is 1. The van der Waals surface area contributed by atoms with Crippen molar-refractivity contribution in [3.63, 3.8) is 0 Å². The molecule has 100 valence electrons. The highest BCUT2D eigenvalue weighted by molar-refractivity contribution is 5.78. The molecule has 1 saturated heterocycles. The fourth-order valence-electron chi connectivity index (χ4n) is 2.08. The van der Waals surface area contributed by atoms with E-state index < -0.39 is 0 Å². The van der Waals surface area contributed by atoms with Gasteiger partial charge in [0.1, 0.15) is 0 Å². The first kappa shape index (κ1) is 11.8. The number of fused-ring (bicyclic) bond motifs is 1. The van der Waals surface area contributed by atoms with Crippen molar-refractivity contribution in [3.05, 3.63) is 26.8 Å². The Morgan fingerprint density at radius 1 is 1.26 bits per heavy atom. The second kappa shape index (κ2) is 4.47. The molecular weight excluding hydrogens is 250 g/mol. The number of nitrogens with zero attached hydrogens (tertiary/aromatic N) is 4. The normalized spacial score (nSPS) is 15.9. The lowest BCUT2D eigenvalue weighted by molar-refractivity contribution is 0.122. The van der Waals surface area contributed by atoms with Gasteiger partial charge in [-0.3, -0.25) is 19.4 Å². The van der Waals surface area contributed by atoms with Gasteiger partial charge in [0.15, 0.2) is 11.3 Å². The number of hydrogen-bond donors (Lipinski definition) is 1. The summed E-state index contributed by atoms with van der Waals surface area (Å²) < 4.78 is 6.36. The van der Waals surface area contributed by atoms with E-state index in [4.69, 9.17) is 4.74 Å². The van der Waals surface area contributed by atoms with Crippen LogP contribution in [0.3, 0.4) is 0 Å². The van der Waals surface area contributed by atoms with E-state index in [1.54, 1.807) is 6.07 Å². The Bertz CT molecular complexity index is 729. The van der Waals surface area contributed by atoms with Crippen LogP contribution in [0, 0.1) is 0 Å². The number of ether oxygens (including phenoxy) is 1. The van der Waals surface area contributed by atoms with Crippen LogP contribution in [0.5, 0.6) is 0 Å². The van der Waals surface area contributed by atoms with Crippen molar-refractivity contribution in [1.82, 2.24) is 20.0 Å². The maximum absolute atomic E-state index is 11.9. The van der Waals surface area contributed by atoms with Crippen LogP contribution in [0.25, 0.3) is 10.9 Å². The van der Waals surface area contributed by atoms with E-state index in [0.717, 1.165) is 4.68 Å². The summed E-state index contributed by atoms with van der Waals surface area (Å²) in [6.07, 6.45) is 0. The Labute approximate surface area is 107 Å². The van der Waals surface area contributed by atoms with E-state index in [1.165, 1.54) is 7.05 Å². The summed E-state index contributed by atoms with van der Waals surface area (Å²) in [4.78, 5) is 25.7. The summed E-state index contributed by atoms with van der Waals surface area (Å²) in [6.45, 7) is 2.63. The maximum Gasteiger partial charge on any atom is 0.293 e. The summed E-state index contributed by atoms with van der Waals surface area (Å²) >= 11 is 0. The van der Waals surface area contributed by atoms with Crippen molar-refractivity contribution in [2.24, 2.45) is 7.05 Å². The molecule has 0 radical (unpaired) electrons. The van der Waals surface area contributed by atoms with E-state index in [-0.39, 0.29) is 22.0 Å². The van der Waals surface area contributed by atoms with Gasteiger partial charge in [0.05, 0.1) is 18.6 Å². The lowest BCUT2D eigenvalue weighted by Gasteiger charge is -2.27. The largest absolute Gasteiger partial charge is 0.378 e. The molecule has 8 nitrogen and oxygen atoms in total. The van der Waals surface area contributed by atoms with Crippen LogP contribution in [-0.4, -0.2) is 46.3 Å². The second-order valence-corrected chi connectivity index (χ2v) is 4.37. The number of aryl methyl sites for hydroxylation is 1. The molecule has 0 spiro atoms. The van der Waals surface area contributed by atoms with Gasteiger partial charge in [0, 0.05) is 20.1 Å². The predicted molar refractivity (Wildman–Crippen MR) is 68.4 cm³/mol.